The van der Waals surface area contributed by atoms with Gasteiger partial charge in [0.05, 0.1) is 10.9 Å². The van der Waals surface area contributed by atoms with Crippen LogP contribution in [-0.2, 0) is 4.79 Å². The first-order valence-corrected chi connectivity index (χ1v) is 9.80. The zero-order valence-corrected chi connectivity index (χ0v) is 16.0. The molecule has 142 valence electrons. The SMILES string of the molecule is CCCCCCCCCCCC(=O)N(C)c1nc2ccccc2c(=O)o1. The Morgan fingerprint density at radius 1 is 1.00 bits per heavy atom. The molecule has 26 heavy (non-hydrogen) atoms. The van der Waals surface area contributed by atoms with Crippen molar-refractivity contribution in [3.05, 3.63) is 34.7 Å². The highest BCUT2D eigenvalue weighted by Crippen LogP contribution is 2.15. The summed E-state index contributed by atoms with van der Waals surface area (Å²) in [5, 5.41) is 0.427. The molecule has 5 heteroatoms. The molecule has 0 saturated carbocycles. The number of aromatic nitrogens is 1. The van der Waals surface area contributed by atoms with Gasteiger partial charge in [0.1, 0.15) is 0 Å². The van der Waals surface area contributed by atoms with Gasteiger partial charge in [-0.15, -0.1) is 0 Å². The third-order valence-corrected chi connectivity index (χ3v) is 4.68. The Balaban J connectivity index is 1.75. The topological polar surface area (TPSA) is 63.4 Å². The Morgan fingerprint density at radius 3 is 2.31 bits per heavy atom. The van der Waals surface area contributed by atoms with E-state index in [0.717, 1.165) is 12.8 Å². The lowest BCUT2D eigenvalue weighted by molar-refractivity contribution is -0.118. The largest absolute Gasteiger partial charge is 0.388 e. The van der Waals surface area contributed by atoms with Crippen LogP contribution in [0, 0.1) is 0 Å². The number of nitrogens with zero attached hydrogens (tertiary/aromatic N) is 2. The second kappa shape index (κ2) is 10.7. The van der Waals surface area contributed by atoms with Crippen molar-refractivity contribution in [3.63, 3.8) is 0 Å². The molecule has 0 atom stereocenters. The van der Waals surface area contributed by atoms with Crippen molar-refractivity contribution in [3.8, 4) is 0 Å². The van der Waals surface area contributed by atoms with Crippen LogP contribution in [0.5, 0.6) is 0 Å². The molecule has 0 fully saturated rings. The molecule has 0 saturated heterocycles. The van der Waals surface area contributed by atoms with Crippen LogP contribution >= 0.6 is 0 Å². The highest BCUT2D eigenvalue weighted by Gasteiger charge is 2.16. The number of carbonyl (C=O) groups excluding carboxylic acids is 1. The van der Waals surface area contributed by atoms with E-state index in [1.807, 2.05) is 6.07 Å². The van der Waals surface area contributed by atoms with Crippen LogP contribution in [0.3, 0.4) is 0 Å². The molecule has 0 spiro atoms. The quantitative estimate of drug-likeness (QED) is 0.526. The predicted octanol–water partition coefficient (Wildman–Crippen LogP) is 5.07. The van der Waals surface area contributed by atoms with Crippen molar-refractivity contribution in [2.45, 2.75) is 71.1 Å². The number of rotatable bonds is 11. The van der Waals surface area contributed by atoms with E-state index < -0.39 is 5.63 Å². The summed E-state index contributed by atoms with van der Waals surface area (Å²) in [6.45, 7) is 2.23. The molecule has 0 N–H and O–H groups in total. The number of carbonyl (C=O) groups is 1. The standard InChI is InChI=1S/C21H30N2O3/c1-3-4-5-6-7-8-9-10-11-16-19(24)23(2)21-22-18-15-13-12-14-17(18)20(25)26-21/h12-15H,3-11,16H2,1-2H3. The summed E-state index contributed by atoms with van der Waals surface area (Å²) < 4.78 is 5.20. The van der Waals surface area contributed by atoms with Crippen LogP contribution in [0.1, 0.15) is 71.1 Å². The number of hydrogen-bond acceptors (Lipinski definition) is 4. The zero-order valence-electron chi connectivity index (χ0n) is 16.0. The Hall–Kier alpha value is -2.17. The van der Waals surface area contributed by atoms with Gasteiger partial charge in [0, 0.05) is 13.5 Å². The third-order valence-electron chi connectivity index (χ3n) is 4.68. The van der Waals surface area contributed by atoms with Gasteiger partial charge >= 0.3 is 11.6 Å². The van der Waals surface area contributed by atoms with Crippen molar-refractivity contribution >= 4 is 22.8 Å². The first kappa shape index (κ1) is 20.1. The Bertz CT molecular complexity index is 754. The van der Waals surface area contributed by atoms with Crippen LogP contribution < -0.4 is 10.5 Å². The maximum Gasteiger partial charge on any atom is 0.348 e. The summed E-state index contributed by atoms with van der Waals surface area (Å²) >= 11 is 0. The first-order valence-electron chi connectivity index (χ1n) is 9.80. The number of benzene rings is 1. The fourth-order valence-electron chi connectivity index (χ4n) is 3.01. The molecule has 0 radical (unpaired) electrons. The molecule has 0 unspecified atom stereocenters. The van der Waals surface area contributed by atoms with E-state index in [1.165, 1.54) is 49.8 Å². The lowest BCUT2D eigenvalue weighted by Gasteiger charge is -2.14. The first-order chi connectivity index (χ1) is 12.6. The van der Waals surface area contributed by atoms with Gasteiger partial charge in [-0.05, 0) is 18.6 Å². The van der Waals surface area contributed by atoms with E-state index >= 15 is 0 Å². The molecule has 0 aliphatic rings. The number of unbranched alkanes of at least 4 members (excludes halogenated alkanes) is 8. The predicted molar refractivity (Wildman–Crippen MR) is 106 cm³/mol. The molecule has 1 aromatic heterocycles. The maximum atomic E-state index is 12.3. The van der Waals surface area contributed by atoms with E-state index in [1.54, 1.807) is 25.2 Å². The van der Waals surface area contributed by atoms with E-state index in [4.69, 9.17) is 4.42 Å². The van der Waals surface area contributed by atoms with Gasteiger partial charge in [-0.1, -0.05) is 70.4 Å². The minimum absolute atomic E-state index is 0.0645. The van der Waals surface area contributed by atoms with Gasteiger partial charge in [0.25, 0.3) is 0 Å². The average Bonchev–Trinajstić information content (AvgIpc) is 2.66. The van der Waals surface area contributed by atoms with E-state index in [-0.39, 0.29) is 11.9 Å². The van der Waals surface area contributed by atoms with Gasteiger partial charge in [-0.2, -0.15) is 4.98 Å². The number of amides is 1. The molecular formula is C21H30N2O3. The van der Waals surface area contributed by atoms with Crippen LogP contribution in [0.4, 0.5) is 6.01 Å². The molecule has 2 rings (SSSR count). The van der Waals surface area contributed by atoms with Gasteiger partial charge in [-0.25, -0.2) is 4.79 Å². The summed E-state index contributed by atoms with van der Waals surface area (Å²) in [6.07, 6.45) is 11.3. The summed E-state index contributed by atoms with van der Waals surface area (Å²) in [5.74, 6) is -0.0705. The summed E-state index contributed by atoms with van der Waals surface area (Å²) in [5.41, 5.74) is 0.0785. The normalized spacial score (nSPS) is 11.0. The van der Waals surface area contributed by atoms with E-state index in [9.17, 15) is 9.59 Å². The van der Waals surface area contributed by atoms with E-state index in [2.05, 4.69) is 11.9 Å². The summed E-state index contributed by atoms with van der Waals surface area (Å²) in [4.78, 5) is 30.0. The average molecular weight is 358 g/mol. The molecule has 0 bridgehead atoms. The summed E-state index contributed by atoms with van der Waals surface area (Å²) in [7, 11) is 1.61. The zero-order chi connectivity index (χ0) is 18.8. The van der Waals surface area contributed by atoms with Crippen molar-refractivity contribution in [2.75, 3.05) is 11.9 Å². The Kier molecular flexibility index (Phi) is 8.32. The highest BCUT2D eigenvalue weighted by atomic mass is 16.4. The molecule has 0 aliphatic carbocycles. The minimum Gasteiger partial charge on any atom is -0.388 e. The lowest BCUT2D eigenvalue weighted by atomic mass is 10.1. The molecule has 1 heterocycles. The van der Waals surface area contributed by atoms with Gasteiger partial charge in [0.15, 0.2) is 0 Å². The monoisotopic (exact) mass is 358 g/mol. The molecule has 5 nitrogen and oxygen atoms in total. The second-order valence-electron chi connectivity index (χ2n) is 6.83. The van der Waals surface area contributed by atoms with Crippen LogP contribution in [0.15, 0.2) is 33.5 Å². The number of para-hydroxylation sites is 1. The smallest absolute Gasteiger partial charge is 0.348 e. The minimum atomic E-state index is -0.465. The highest BCUT2D eigenvalue weighted by molar-refractivity contribution is 5.91. The second-order valence-corrected chi connectivity index (χ2v) is 6.83. The van der Waals surface area contributed by atoms with Gasteiger partial charge in [-0.3, -0.25) is 9.69 Å². The third kappa shape index (κ3) is 5.97. The van der Waals surface area contributed by atoms with Crippen LogP contribution in [-0.4, -0.2) is 17.9 Å². The van der Waals surface area contributed by atoms with Crippen molar-refractivity contribution < 1.29 is 9.21 Å². The van der Waals surface area contributed by atoms with Crippen LogP contribution in [0.2, 0.25) is 0 Å². The van der Waals surface area contributed by atoms with Gasteiger partial charge in [0.2, 0.25) is 5.91 Å². The number of hydrogen-bond donors (Lipinski definition) is 0. The fraction of sp³-hybridized carbons (Fsp3) is 0.571. The molecule has 1 aromatic carbocycles. The van der Waals surface area contributed by atoms with Crippen molar-refractivity contribution in [1.82, 2.24) is 4.98 Å². The summed E-state index contributed by atoms with van der Waals surface area (Å²) in [6, 6.07) is 7.05. The molecule has 0 aliphatic heterocycles. The fourth-order valence-corrected chi connectivity index (χ4v) is 3.01. The van der Waals surface area contributed by atoms with E-state index in [0.29, 0.717) is 17.3 Å². The number of anilines is 1. The molecule has 2 aromatic rings. The van der Waals surface area contributed by atoms with Gasteiger partial charge < -0.3 is 4.42 Å². The maximum absolute atomic E-state index is 12.3. The molecule has 1 amide bonds. The Labute approximate surface area is 155 Å². The Morgan fingerprint density at radius 2 is 1.62 bits per heavy atom. The van der Waals surface area contributed by atoms with Crippen molar-refractivity contribution in [1.29, 1.82) is 0 Å². The molecular weight excluding hydrogens is 328 g/mol. The van der Waals surface area contributed by atoms with Crippen LogP contribution in [0.25, 0.3) is 10.9 Å². The van der Waals surface area contributed by atoms with Crippen molar-refractivity contribution in [2.24, 2.45) is 0 Å². The number of fused-ring (bicyclic) bond motifs is 1. The lowest BCUT2D eigenvalue weighted by Crippen LogP contribution is -2.27.